The van der Waals surface area contributed by atoms with Crippen LogP contribution in [0.3, 0.4) is 0 Å². The molecule has 2 aromatic carbocycles. The number of carbonyl (C=O) groups excluding carboxylic acids is 1. The van der Waals surface area contributed by atoms with E-state index in [4.69, 9.17) is 0 Å². The van der Waals surface area contributed by atoms with Crippen LogP contribution in [0.25, 0.3) is 0 Å². The second-order valence-corrected chi connectivity index (χ2v) is 8.57. The van der Waals surface area contributed by atoms with Gasteiger partial charge in [0.15, 0.2) is 0 Å². The van der Waals surface area contributed by atoms with Crippen molar-refractivity contribution < 1.29 is 17.6 Å². The van der Waals surface area contributed by atoms with E-state index in [-0.39, 0.29) is 27.2 Å². The number of halogens is 1. The largest absolute Gasteiger partial charge is 0.352 e. The molecule has 0 saturated heterocycles. The first-order valence-corrected chi connectivity index (χ1v) is 10.5. The molecule has 0 unspecified atom stereocenters. The molecule has 0 atom stereocenters. The number of sulfonamides is 1. The van der Waals surface area contributed by atoms with Gasteiger partial charge in [-0.3, -0.25) is 9.52 Å². The molecule has 0 spiro atoms. The Morgan fingerprint density at radius 2 is 1.74 bits per heavy atom. The van der Waals surface area contributed by atoms with E-state index in [2.05, 4.69) is 10.0 Å². The van der Waals surface area contributed by atoms with Crippen LogP contribution in [0, 0.1) is 5.82 Å². The van der Waals surface area contributed by atoms with Crippen LogP contribution in [0.2, 0.25) is 0 Å². The molecule has 0 saturated carbocycles. The van der Waals surface area contributed by atoms with Crippen LogP contribution < -0.4 is 10.0 Å². The van der Waals surface area contributed by atoms with Crippen molar-refractivity contribution in [3.05, 3.63) is 83.0 Å². The van der Waals surface area contributed by atoms with E-state index in [0.717, 1.165) is 16.9 Å². The van der Waals surface area contributed by atoms with Gasteiger partial charge in [0, 0.05) is 6.54 Å². The molecule has 3 aromatic rings. The van der Waals surface area contributed by atoms with Crippen LogP contribution in [-0.2, 0) is 16.4 Å². The molecule has 27 heavy (non-hydrogen) atoms. The summed E-state index contributed by atoms with van der Waals surface area (Å²) in [6, 6.07) is 15.6. The minimum Gasteiger partial charge on any atom is -0.352 e. The number of amides is 1. The van der Waals surface area contributed by atoms with Crippen molar-refractivity contribution in [3.8, 4) is 0 Å². The number of hydrogen-bond acceptors (Lipinski definition) is 4. The summed E-state index contributed by atoms with van der Waals surface area (Å²) < 4.78 is 40.4. The van der Waals surface area contributed by atoms with E-state index in [9.17, 15) is 17.6 Å². The van der Waals surface area contributed by atoms with Gasteiger partial charge < -0.3 is 5.32 Å². The Morgan fingerprint density at radius 1 is 1.00 bits per heavy atom. The first kappa shape index (κ1) is 19.1. The molecule has 8 heteroatoms. The van der Waals surface area contributed by atoms with E-state index in [0.29, 0.717) is 13.0 Å². The first-order chi connectivity index (χ1) is 13.0. The molecule has 1 aromatic heterocycles. The highest BCUT2D eigenvalue weighted by Crippen LogP contribution is 2.22. The number of hydrogen-bond donors (Lipinski definition) is 2. The summed E-state index contributed by atoms with van der Waals surface area (Å²) >= 11 is 1.10. The van der Waals surface area contributed by atoms with E-state index < -0.39 is 10.0 Å². The number of nitrogens with one attached hydrogen (secondary N) is 2. The molecule has 5 nitrogen and oxygen atoms in total. The fourth-order valence-corrected chi connectivity index (χ4v) is 4.52. The predicted octanol–water partition coefficient (Wildman–Crippen LogP) is 3.66. The fourth-order valence-electron chi connectivity index (χ4n) is 2.45. The number of rotatable bonds is 7. The Hall–Kier alpha value is -2.71. The number of carbonyl (C=O) groups is 1. The Kier molecular flexibility index (Phi) is 5.88. The summed E-state index contributed by atoms with van der Waals surface area (Å²) in [4.78, 5) is 12.5. The minimum absolute atomic E-state index is 0.175. The first-order valence-electron chi connectivity index (χ1n) is 8.14. The number of thiophene rings is 1. The van der Waals surface area contributed by atoms with Crippen LogP contribution in [0.15, 0.2) is 70.3 Å². The molecule has 2 N–H and O–H groups in total. The SMILES string of the molecule is O=C(NCCc1ccc(F)cc1)c1ccccc1NS(=O)(=O)c1cccs1. The molecule has 0 fully saturated rings. The molecule has 0 aliphatic carbocycles. The normalized spacial score (nSPS) is 11.1. The topological polar surface area (TPSA) is 75.3 Å². The third-order valence-electron chi connectivity index (χ3n) is 3.79. The number of benzene rings is 2. The van der Waals surface area contributed by atoms with Crippen molar-refractivity contribution in [1.82, 2.24) is 5.32 Å². The van der Waals surface area contributed by atoms with Gasteiger partial charge in [0.25, 0.3) is 15.9 Å². The zero-order chi connectivity index (χ0) is 19.3. The molecule has 140 valence electrons. The molecule has 0 radical (unpaired) electrons. The van der Waals surface area contributed by atoms with Crippen LogP contribution in [0.4, 0.5) is 10.1 Å². The van der Waals surface area contributed by atoms with Crippen molar-refractivity contribution in [2.45, 2.75) is 10.6 Å². The van der Waals surface area contributed by atoms with Gasteiger partial charge in [0.2, 0.25) is 0 Å². The lowest BCUT2D eigenvalue weighted by Gasteiger charge is -2.12. The van der Waals surface area contributed by atoms with Gasteiger partial charge in [-0.15, -0.1) is 11.3 Å². The van der Waals surface area contributed by atoms with Crippen LogP contribution in [0.5, 0.6) is 0 Å². The number of para-hydroxylation sites is 1. The third kappa shape index (κ3) is 4.93. The maximum absolute atomic E-state index is 12.9. The van der Waals surface area contributed by atoms with Gasteiger partial charge in [-0.05, 0) is 47.7 Å². The molecule has 1 amide bonds. The molecule has 0 aliphatic heterocycles. The maximum Gasteiger partial charge on any atom is 0.271 e. The lowest BCUT2D eigenvalue weighted by Crippen LogP contribution is -2.27. The fraction of sp³-hybridized carbons (Fsp3) is 0.105. The average Bonchev–Trinajstić information content (AvgIpc) is 3.19. The van der Waals surface area contributed by atoms with Crippen molar-refractivity contribution in [2.24, 2.45) is 0 Å². The summed E-state index contributed by atoms with van der Waals surface area (Å²) in [5.74, 6) is -0.698. The lowest BCUT2D eigenvalue weighted by molar-refractivity contribution is 0.0955. The summed E-state index contributed by atoms with van der Waals surface area (Å²) in [6.45, 7) is 0.344. The predicted molar refractivity (Wildman–Crippen MR) is 104 cm³/mol. The lowest BCUT2D eigenvalue weighted by atomic mass is 10.1. The van der Waals surface area contributed by atoms with Gasteiger partial charge >= 0.3 is 0 Å². The zero-order valence-corrected chi connectivity index (χ0v) is 15.8. The summed E-state index contributed by atoms with van der Waals surface area (Å²) in [5, 5.41) is 4.43. The number of anilines is 1. The monoisotopic (exact) mass is 404 g/mol. The van der Waals surface area contributed by atoms with E-state index in [1.807, 2.05) is 0 Å². The third-order valence-corrected chi connectivity index (χ3v) is 6.55. The zero-order valence-electron chi connectivity index (χ0n) is 14.2. The van der Waals surface area contributed by atoms with Crippen molar-refractivity contribution in [3.63, 3.8) is 0 Å². The highest BCUT2D eigenvalue weighted by atomic mass is 32.2. The summed E-state index contributed by atoms with van der Waals surface area (Å²) in [6.07, 6.45) is 0.537. The molecule has 3 rings (SSSR count). The summed E-state index contributed by atoms with van der Waals surface area (Å²) in [7, 11) is -3.74. The van der Waals surface area contributed by atoms with E-state index in [1.165, 1.54) is 18.2 Å². The van der Waals surface area contributed by atoms with Crippen molar-refractivity contribution in [2.75, 3.05) is 11.3 Å². The van der Waals surface area contributed by atoms with Gasteiger partial charge in [0.1, 0.15) is 10.0 Å². The highest BCUT2D eigenvalue weighted by Gasteiger charge is 2.19. The molecular formula is C19H17FN2O3S2. The van der Waals surface area contributed by atoms with E-state index >= 15 is 0 Å². The molecule has 0 aliphatic rings. The molecule has 1 heterocycles. The Bertz CT molecular complexity index is 1020. The Labute approximate surface area is 160 Å². The molecular weight excluding hydrogens is 387 g/mol. The van der Waals surface area contributed by atoms with Crippen LogP contribution in [-0.4, -0.2) is 20.9 Å². The second-order valence-electron chi connectivity index (χ2n) is 5.72. The van der Waals surface area contributed by atoms with Gasteiger partial charge in [-0.1, -0.05) is 30.3 Å². The van der Waals surface area contributed by atoms with Crippen molar-refractivity contribution in [1.29, 1.82) is 0 Å². The Balaban J connectivity index is 1.67. The van der Waals surface area contributed by atoms with Crippen LogP contribution in [0.1, 0.15) is 15.9 Å². The van der Waals surface area contributed by atoms with Crippen molar-refractivity contribution >= 4 is 33.0 Å². The highest BCUT2D eigenvalue weighted by molar-refractivity contribution is 7.94. The van der Waals surface area contributed by atoms with Gasteiger partial charge in [0.05, 0.1) is 11.3 Å². The standard InChI is InChI=1S/C19H17FN2O3S2/c20-15-9-7-14(8-10-15)11-12-21-19(23)16-4-1-2-5-17(16)22-27(24,25)18-6-3-13-26-18/h1-10,13,22H,11-12H2,(H,21,23). The molecule has 0 bridgehead atoms. The van der Waals surface area contributed by atoms with Crippen LogP contribution >= 0.6 is 11.3 Å². The maximum atomic E-state index is 12.9. The van der Waals surface area contributed by atoms with Gasteiger partial charge in [-0.2, -0.15) is 0 Å². The smallest absolute Gasteiger partial charge is 0.271 e. The van der Waals surface area contributed by atoms with Gasteiger partial charge in [-0.25, -0.2) is 12.8 Å². The average molecular weight is 404 g/mol. The quantitative estimate of drug-likeness (QED) is 0.631. The Morgan fingerprint density at radius 3 is 2.44 bits per heavy atom. The minimum atomic E-state index is -3.74. The van der Waals surface area contributed by atoms with E-state index in [1.54, 1.807) is 47.8 Å². The summed E-state index contributed by atoms with van der Waals surface area (Å²) in [5.41, 5.74) is 1.34. The second kappa shape index (κ2) is 8.32.